The van der Waals surface area contributed by atoms with Crippen molar-refractivity contribution in [1.29, 1.82) is 0 Å². The van der Waals surface area contributed by atoms with Crippen LogP contribution in [0.1, 0.15) is 92.9 Å². The van der Waals surface area contributed by atoms with Gasteiger partial charge in [0.05, 0.1) is 11.1 Å². The highest BCUT2D eigenvalue weighted by Gasteiger charge is 2.42. The number of nitrogens with zero attached hydrogens (tertiary/aromatic N) is 6. The summed E-state index contributed by atoms with van der Waals surface area (Å²) in [7, 11) is 0. The Bertz CT molecular complexity index is 1890. The first-order chi connectivity index (χ1) is 23.9. The van der Waals surface area contributed by atoms with Crippen LogP contribution >= 0.6 is 23.2 Å². The van der Waals surface area contributed by atoms with Crippen LogP contribution in [0.4, 0.5) is 0 Å². The van der Waals surface area contributed by atoms with Gasteiger partial charge in [-0.1, -0.05) is 23.2 Å². The molecule has 8 rings (SSSR count). The van der Waals surface area contributed by atoms with E-state index in [-0.39, 0.29) is 33.6 Å². The molecule has 4 saturated carbocycles. The molecule has 4 aliphatic rings. The van der Waals surface area contributed by atoms with E-state index in [0.29, 0.717) is 35.2 Å². The molecule has 50 heavy (non-hydrogen) atoms. The van der Waals surface area contributed by atoms with Crippen molar-refractivity contribution >= 4 is 35.1 Å². The van der Waals surface area contributed by atoms with Gasteiger partial charge in [0.25, 0.3) is 0 Å². The van der Waals surface area contributed by atoms with Crippen LogP contribution in [0.3, 0.4) is 0 Å². The molecule has 0 aromatic carbocycles. The number of carbonyl (C=O) groups is 2. The lowest BCUT2D eigenvalue weighted by Gasteiger charge is -2.21. The number of pyridine rings is 2. The fourth-order valence-electron chi connectivity index (χ4n) is 7.72. The number of fused-ring (bicyclic) bond motifs is 4. The quantitative estimate of drug-likeness (QED) is 0.142. The Balaban J connectivity index is 0.000000159. The number of hydrogen-bond acceptors (Lipinski definition) is 9. The van der Waals surface area contributed by atoms with E-state index >= 15 is 0 Å². The van der Waals surface area contributed by atoms with Crippen molar-refractivity contribution in [1.82, 2.24) is 29.5 Å². The van der Waals surface area contributed by atoms with Gasteiger partial charge in [0, 0.05) is 24.5 Å². The fourth-order valence-corrected chi connectivity index (χ4v) is 8.17. The Morgan fingerprint density at radius 3 is 1.58 bits per heavy atom. The Labute approximate surface area is 300 Å². The summed E-state index contributed by atoms with van der Waals surface area (Å²) in [5.74, 6) is 3.52. The molecular formula is C36H40Cl2N6O6. The first-order valence-electron chi connectivity index (χ1n) is 17.1. The Morgan fingerprint density at radius 1 is 0.720 bits per heavy atom. The van der Waals surface area contributed by atoms with E-state index in [1.54, 1.807) is 46.0 Å². The summed E-state index contributed by atoms with van der Waals surface area (Å²) >= 11 is 12.1. The minimum atomic E-state index is -1.10. The average Bonchev–Trinajstić information content (AvgIpc) is 3.91. The van der Waals surface area contributed by atoms with Crippen LogP contribution < -0.4 is 9.47 Å². The summed E-state index contributed by atoms with van der Waals surface area (Å²) in [5, 5.41) is 17.8. The van der Waals surface area contributed by atoms with Crippen molar-refractivity contribution in [3.05, 3.63) is 70.2 Å². The first kappa shape index (κ1) is 34.3. The van der Waals surface area contributed by atoms with Crippen LogP contribution in [-0.2, 0) is 4.74 Å². The molecule has 12 nitrogen and oxygen atoms in total. The van der Waals surface area contributed by atoms with E-state index in [0.717, 1.165) is 24.7 Å². The molecule has 4 aromatic heterocycles. The molecular weight excluding hydrogens is 683 g/mol. The van der Waals surface area contributed by atoms with E-state index in [4.69, 9.17) is 42.5 Å². The average molecular weight is 724 g/mol. The Morgan fingerprint density at radius 2 is 1.20 bits per heavy atom. The van der Waals surface area contributed by atoms with Gasteiger partial charge in [-0.2, -0.15) is 0 Å². The number of carboxylic acid groups (broad SMARTS) is 1. The van der Waals surface area contributed by atoms with Gasteiger partial charge in [0.1, 0.15) is 28.1 Å². The molecule has 1 N–H and O–H groups in total. The van der Waals surface area contributed by atoms with Crippen molar-refractivity contribution in [3.63, 3.8) is 0 Å². The van der Waals surface area contributed by atoms with E-state index < -0.39 is 17.5 Å². The smallest absolute Gasteiger partial charge is 0.341 e. The van der Waals surface area contributed by atoms with Gasteiger partial charge in [-0.3, -0.25) is 0 Å². The highest BCUT2D eigenvalue weighted by atomic mass is 35.5. The predicted molar refractivity (Wildman–Crippen MR) is 185 cm³/mol. The molecule has 0 amide bonds. The third-order valence-corrected chi connectivity index (χ3v) is 10.6. The van der Waals surface area contributed by atoms with E-state index in [1.807, 2.05) is 26.8 Å². The second-order valence-electron chi connectivity index (χ2n) is 14.7. The van der Waals surface area contributed by atoms with Gasteiger partial charge in [0.2, 0.25) is 11.8 Å². The topological polar surface area (TPSA) is 143 Å². The lowest BCUT2D eigenvalue weighted by atomic mass is 9.98. The van der Waals surface area contributed by atoms with Gasteiger partial charge in [-0.05, 0) is 120 Å². The van der Waals surface area contributed by atoms with Gasteiger partial charge >= 0.3 is 11.9 Å². The van der Waals surface area contributed by atoms with Crippen LogP contribution in [-0.4, -0.2) is 64.4 Å². The summed E-state index contributed by atoms with van der Waals surface area (Å²) in [5.41, 5.74) is -0.380. The molecule has 0 saturated heterocycles. The molecule has 6 atom stereocenters. The van der Waals surface area contributed by atoms with Crippen LogP contribution in [0.2, 0.25) is 10.3 Å². The van der Waals surface area contributed by atoms with E-state index in [1.165, 1.54) is 44.6 Å². The normalized spacial score (nSPS) is 24.9. The predicted octanol–water partition coefficient (Wildman–Crippen LogP) is 7.63. The molecule has 4 aliphatic carbocycles. The monoisotopic (exact) mass is 722 g/mol. The molecule has 0 unspecified atom stereocenters. The number of aromatic carboxylic acids is 1. The number of carbonyl (C=O) groups excluding carboxylic acids is 1. The molecule has 4 bridgehead atoms. The van der Waals surface area contributed by atoms with Crippen molar-refractivity contribution in [3.8, 4) is 23.4 Å². The van der Waals surface area contributed by atoms with Crippen LogP contribution in [0.25, 0.3) is 11.6 Å². The molecule has 0 spiro atoms. The van der Waals surface area contributed by atoms with Crippen molar-refractivity contribution in [2.75, 3.05) is 0 Å². The zero-order valence-electron chi connectivity index (χ0n) is 28.2. The highest BCUT2D eigenvalue weighted by molar-refractivity contribution is 6.32. The van der Waals surface area contributed by atoms with Crippen LogP contribution in [0, 0.1) is 23.7 Å². The maximum Gasteiger partial charge on any atom is 0.341 e. The molecule has 14 heteroatoms. The van der Waals surface area contributed by atoms with Gasteiger partial charge in [-0.25, -0.2) is 28.9 Å². The Kier molecular flexibility index (Phi) is 9.51. The molecule has 4 heterocycles. The van der Waals surface area contributed by atoms with Crippen molar-refractivity contribution in [2.45, 2.75) is 89.9 Å². The van der Waals surface area contributed by atoms with Crippen LogP contribution in [0.15, 0.2) is 48.8 Å². The number of esters is 1. The minimum Gasteiger partial charge on any atom is -0.478 e. The van der Waals surface area contributed by atoms with Gasteiger partial charge in [-0.15, -0.1) is 10.2 Å². The SMILES string of the molecule is CC(C)(C)OC(=O)c1ccc(-n2ccc(O[C@H]3C[C@@H]4CC[C@H]3C4)n2)nc1Cl.O=C(O)c1ccc(-n2ccc(O[C@H]3C[C@@H]4CC[C@H]3C4)n2)nc1Cl. The highest BCUT2D eigenvalue weighted by Crippen LogP contribution is 2.46. The third kappa shape index (κ3) is 7.61. The standard InChI is InChI=1S/C20H24ClN3O3.C16H16ClN3O3/c1-20(2,3)27-19(25)14-6-7-16(22-18(14)21)24-9-8-17(23-24)26-15-11-12-4-5-13(15)10-12;17-15-11(16(21)22)3-4-13(18-15)20-6-5-14(19-20)23-12-8-9-1-2-10(12)7-9/h6-9,12-13,15H,4-5,10-11H2,1-3H3;3-6,9-10,12H,1-2,7-8H2,(H,21,22)/t12-,13+,15+;9-,10+,12+/m11/s1. The number of carboxylic acids is 1. The zero-order chi connectivity index (χ0) is 35.2. The summed E-state index contributed by atoms with van der Waals surface area (Å²) in [6.07, 6.45) is 14.1. The second-order valence-corrected chi connectivity index (χ2v) is 15.4. The summed E-state index contributed by atoms with van der Waals surface area (Å²) < 4.78 is 20.6. The fraction of sp³-hybridized carbons (Fsp3) is 0.500. The molecule has 0 aliphatic heterocycles. The lowest BCUT2D eigenvalue weighted by Crippen LogP contribution is -2.24. The third-order valence-electron chi connectivity index (χ3n) is 10.0. The Hall–Kier alpha value is -4.16. The van der Waals surface area contributed by atoms with E-state index in [9.17, 15) is 9.59 Å². The van der Waals surface area contributed by atoms with Gasteiger partial charge in [0.15, 0.2) is 11.6 Å². The number of aromatic nitrogens is 6. The summed E-state index contributed by atoms with van der Waals surface area (Å²) in [6.45, 7) is 5.42. The summed E-state index contributed by atoms with van der Waals surface area (Å²) in [6, 6.07) is 9.93. The van der Waals surface area contributed by atoms with Gasteiger partial charge < -0.3 is 19.3 Å². The molecule has 4 aromatic rings. The van der Waals surface area contributed by atoms with Crippen molar-refractivity contribution in [2.24, 2.45) is 23.7 Å². The maximum atomic E-state index is 12.2. The molecule has 0 radical (unpaired) electrons. The lowest BCUT2D eigenvalue weighted by molar-refractivity contribution is 0.00690. The first-order valence-corrected chi connectivity index (χ1v) is 17.9. The number of hydrogen-bond donors (Lipinski definition) is 1. The summed E-state index contributed by atoms with van der Waals surface area (Å²) in [4.78, 5) is 31.5. The van der Waals surface area contributed by atoms with Crippen LogP contribution in [0.5, 0.6) is 11.8 Å². The number of rotatable bonds is 8. The van der Waals surface area contributed by atoms with Crippen molar-refractivity contribution < 1.29 is 28.9 Å². The molecule has 264 valence electrons. The van der Waals surface area contributed by atoms with E-state index in [2.05, 4.69) is 20.2 Å². The number of ether oxygens (including phenoxy) is 3. The maximum absolute atomic E-state index is 12.2. The zero-order valence-corrected chi connectivity index (χ0v) is 29.7. The number of halogens is 2. The molecule has 4 fully saturated rings. The second kappa shape index (κ2) is 13.9. The largest absolute Gasteiger partial charge is 0.478 e. The minimum absolute atomic E-state index is 0.0268.